The van der Waals surface area contributed by atoms with Crippen LogP contribution in [-0.2, 0) is 68.7 Å². The van der Waals surface area contributed by atoms with Gasteiger partial charge >= 0.3 is 5.97 Å². The molecule has 79 heavy (non-hydrogen) atoms. The Morgan fingerprint density at radius 3 is 1.95 bits per heavy atom. The number of hydrogen-bond donors (Lipinski definition) is 12. The maximum absolute atomic E-state index is 14.2. The number of nitrogens with two attached hydrogens (primary N) is 1. The van der Waals surface area contributed by atoms with Crippen molar-refractivity contribution in [2.75, 3.05) is 13.6 Å². The van der Waals surface area contributed by atoms with E-state index >= 15 is 0 Å². The number of carbonyl (C=O) groups excluding carboxylic acids is 12. The molecule has 27 heteroatoms. The number of alkyl halides is 1. The van der Waals surface area contributed by atoms with Crippen molar-refractivity contribution in [3.8, 4) is 0 Å². The third kappa shape index (κ3) is 22.4. The van der Waals surface area contributed by atoms with Gasteiger partial charge in [-0.15, -0.1) is 11.6 Å². The number of amides is 11. The zero-order chi connectivity index (χ0) is 59.8. The molecule has 0 spiro atoms. The van der Waals surface area contributed by atoms with Crippen molar-refractivity contribution in [3.05, 3.63) is 35.9 Å². The Bertz CT molecular complexity index is 2280. The van der Waals surface area contributed by atoms with Gasteiger partial charge in [0.2, 0.25) is 65.5 Å². The predicted octanol–water partition coefficient (Wildman–Crippen LogP) is -2.44. The summed E-state index contributed by atoms with van der Waals surface area (Å²) in [5.74, 6) is -11.7. The number of carbonyl (C=O) groups is 12. The molecule has 26 nitrogen and oxygen atoms in total. The molecular formula is C52H82ClN11O15. The van der Waals surface area contributed by atoms with Gasteiger partial charge in [0.15, 0.2) is 0 Å². The maximum Gasteiger partial charge on any atom is 0.328 e. The first-order valence-electron chi connectivity index (χ1n) is 26.4. The molecule has 0 aliphatic carbocycles. The molecule has 0 aromatic heterocycles. The molecule has 0 radical (unpaired) electrons. The quantitative estimate of drug-likeness (QED) is 0.0438. The summed E-state index contributed by atoms with van der Waals surface area (Å²) in [6.07, 6.45) is -5.70. The zero-order valence-electron chi connectivity index (χ0n) is 46.6. The molecule has 1 aromatic carbocycles. The average molecular weight is 1140 g/mol. The number of likely N-dealkylation sites (N-methyl/N-ethyl adjacent to an activating group) is 1. The van der Waals surface area contributed by atoms with E-state index in [-0.39, 0.29) is 31.6 Å². The van der Waals surface area contributed by atoms with Crippen LogP contribution in [-0.4, -0.2) is 178 Å². The summed E-state index contributed by atoms with van der Waals surface area (Å²) < 4.78 is 5.73. The Labute approximate surface area is 465 Å². The second kappa shape index (κ2) is 33.5. The smallest absolute Gasteiger partial charge is 0.328 e. The molecule has 1 aromatic rings. The lowest BCUT2D eigenvalue weighted by molar-refractivity contribution is -0.156. The van der Waals surface area contributed by atoms with Crippen LogP contribution in [0.3, 0.4) is 0 Å². The molecule has 0 saturated carbocycles. The van der Waals surface area contributed by atoms with Gasteiger partial charge in [-0.1, -0.05) is 77.8 Å². The number of aliphatic hydroxyl groups is 2. The Kier molecular flexibility index (Phi) is 28.9. The first-order valence-corrected chi connectivity index (χ1v) is 26.9. The van der Waals surface area contributed by atoms with Crippen LogP contribution in [0.25, 0.3) is 0 Å². The van der Waals surface area contributed by atoms with E-state index < -0.39 is 168 Å². The molecule has 14 atom stereocenters. The van der Waals surface area contributed by atoms with Gasteiger partial charge in [0.25, 0.3) is 0 Å². The topological polar surface area (TPSA) is 392 Å². The Balaban J connectivity index is 2.79. The van der Waals surface area contributed by atoms with E-state index in [1.165, 1.54) is 34.7 Å². The minimum Gasteiger partial charge on any atom is -0.459 e. The summed E-state index contributed by atoms with van der Waals surface area (Å²) >= 11 is 6.46. The molecular weight excluding hydrogens is 1050 g/mol. The van der Waals surface area contributed by atoms with Gasteiger partial charge in [0, 0.05) is 24.8 Å². The van der Waals surface area contributed by atoms with Crippen molar-refractivity contribution in [2.24, 2.45) is 17.6 Å². The molecule has 0 unspecified atom stereocenters. The van der Waals surface area contributed by atoms with Gasteiger partial charge in [-0.2, -0.15) is 0 Å². The van der Waals surface area contributed by atoms with Crippen LogP contribution in [0.5, 0.6) is 0 Å². The number of hydrogen-bond acceptors (Lipinski definition) is 15. The summed E-state index contributed by atoms with van der Waals surface area (Å²) in [5.41, 5.74) is 6.02. The number of primary amides is 1. The monoisotopic (exact) mass is 1140 g/mol. The average Bonchev–Trinajstić information content (AvgIpc) is 3.37. The fourth-order valence-corrected chi connectivity index (χ4v) is 8.67. The normalized spacial score (nSPS) is 26.9. The number of ether oxygens (including phenoxy) is 1. The van der Waals surface area contributed by atoms with Crippen molar-refractivity contribution in [2.45, 2.75) is 192 Å². The third-order valence-corrected chi connectivity index (χ3v) is 13.5. The second-order valence-electron chi connectivity index (χ2n) is 20.3. The van der Waals surface area contributed by atoms with Crippen LogP contribution in [0.1, 0.15) is 113 Å². The fraction of sp³-hybridized carbons (Fsp3) is 0.654. The highest BCUT2D eigenvalue weighted by molar-refractivity contribution is 6.20. The highest BCUT2D eigenvalue weighted by Crippen LogP contribution is 2.18. The largest absolute Gasteiger partial charge is 0.459 e. The van der Waals surface area contributed by atoms with Crippen molar-refractivity contribution in [1.82, 2.24) is 52.8 Å². The van der Waals surface area contributed by atoms with E-state index in [1.807, 2.05) is 0 Å². The molecule has 0 bridgehead atoms. The lowest BCUT2D eigenvalue weighted by atomic mass is 9.96. The number of cyclic esters (lactones) is 1. The van der Waals surface area contributed by atoms with Gasteiger partial charge in [-0.3, -0.25) is 52.7 Å². The van der Waals surface area contributed by atoms with E-state index in [1.54, 1.807) is 58.0 Å². The Morgan fingerprint density at radius 2 is 1.39 bits per heavy atom. The molecule has 442 valence electrons. The lowest BCUT2D eigenvalue weighted by Gasteiger charge is -2.33. The molecule has 1 aliphatic rings. The van der Waals surface area contributed by atoms with Crippen LogP contribution in [0.4, 0.5) is 0 Å². The second-order valence-corrected chi connectivity index (χ2v) is 21.0. The van der Waals surface area contributed by atoms with E-state index in [2.05, 4.69) is 47.9 Å². The number of nitrogens with one attached hydrogen (secondary N) is 9. The molecule has 1 fully saturated rings. The van der Waals surface area contributed by atoms with E-state index in [0.29, 0.717) is 24.8 Å². The maximum atomic E-state index is 14.2. The minimum atomic E-state index is -1.85. The molecule has 1 aliphatic heterocycles. The van der Waals surface area contributed by atoms with Gasteiger partial charge in [-0.25, -0.2) is 4.79 Å². The number of aliphatic hydroxyl groups excluding tert-OH is 2. The summed E-state index contributed by atoms with van der Waals surface area (Å²) in [6.45, 7) is 13.0. The van der Waals surface area contributed by atoms with Crippen molar-refractivity contribution >= 4 is 83.1 Å². The summed E-state index contributed by atoms with van der Waals surface area (Å²) in [4.78, 5) is 164. The van der Waals surface area contributed by atoms with E-state index in [9.17, 15) is 67.7 Å². The highest BCUT2D eigenvalue weighted by atomic mass is 35.5. The summed E-state index contributed by atoms with van der Waals surface area (Å²) in [5, 5.41) is 43.8. The van der Waals surface area contributed by atoms with Crippen LogP contribution in [0, 0.1) is 11.8 Å². The number of nitrogens with zero attached hydrogens (tertiary/aromatic N) is 1. The van der Waals surface area contributed by atoms with Gasteiger partial charge in [0.1, 0.15) is 54.4 Å². The van der Waals surface area contributed by atoms with Crippen molar-refractivity contribution in [1.29, 1.82) is 0 Å². The molecule has 2 rings (SSSR count). The minimum absolute atomic E-state index is 0.0104. The predicted molar refractivity (Wildman–Crippen MR) is 287 cm³/mol. The summed E-state index contributed by atoms with van der Waals surface area (Å²) in [6, 6.07) is -5.15. The molecule has 11 amide bonds. The first-order chi connectivity index (χ1) is 37.1. The fourth-order valence-electron chi connectivity index (χ4n) is 8.52. The van der Waals surface area contributed by atoms with Gasteiger partial charge in [-0.05, 0) is 58.4 Å². The number of benzene rings is 1. The molecule has 13 N–H and O–H groups in total. The molecule has 1 saturated heterocycles. The standard InChI is InChI=1S/C52H82ClN11O15/c1-11-16-33-52(78)79-31(9)44(63-46(72)34(56-25-65)20-26(3)4)38(67)23-40(69)57-29(7)51(77)64(10)37(17-12-2)48(74)61-42(27(5)28(6)53)49(75)60-36(22-39(54)68)47(73)62-43(30(8)66)50(76)59-35(21-32-18-14-13-15-19-32)45(71)55-24-41(70)58-33/h13-15,18-19,25-31,33-38,42-44,66-67H,11-12,16-17,20-24H2,1-10H3,(H2,54,68)(H,55,71)(H,56,65)(H,57,69)(H,58,70)(H,59,76)(H,60,75)(H,61,74)(H,62,73)(H,63,72)/t27-,28+,29-,30-,31-,33-,34-,35+,36-,37-,38-,42-,43-,44+/m1/s1. The van der Waals surface area contributed by atoms with Gasteiger partial charge in [0.05, 0.1) is 37.6 Å². The highest BCUT2D eigenvalue weighted by Gasteiger charge is 2.40. The van der Waals surface area contributed by atoms with Crippen LogP contribution >= 0.6 is 11.6 Å². The lowest BCUT2D eigenvalue weighted by Crippen LogP contribution is -2.63. The SMILES string of the molecule is CCC[C@@H]1C(=O)N[C@H]([C@H](C)[C@H](C)Cl)C(=O)N[C@H](CC(N)=O)C(=O)N[C@H]([C@@H](C)O)C(=O)N[C@@H](Cc2ccccc2)C(=O)NCC(=O)N[C@H](CCC)C(=O)O[C@H](C)[C@H](NC(=O)[C@@H](CC(C)C)NC=O)[C@H](O)CC(=O)N[C@H](C)C(=O)N1C. The zero-order valence-corrected chi connectivity index (χ0v) is 47.3. The van der Waals surface area contributed by atoms with Crippen LogP contribution in [0.15, 0.2) is 30.3 Å². The van der Waals surface area contributed by atoms with Crippen molar-refractivity contribution in [3.63, 3.8) is 0 Å². The van der Waals surface area contributed by atoms with Crippen LogP contribution in [0.2, 0.25) is 0 Å². The number of esters is 1. The Morgan fingerprint density at radius 1 is 0.797 bits per heavy atom. The Hall–Kier alpha value is -6.93. The number of rotatable bonds is 17. The summed E-state index contributed by atoms with van der Waals surface area (Å²) in [7, 11) is 1.28. The third-order valence-electron chi connectivity index (χ3n) is 13.1. The van der Waals surface area contributed by atoms with Crippen LogP contribution < -0.4 is 53.6 Å². The van der Waals surface area contributed by atoms with Gasteiger partial charge < -0.3 is 73.4 Å². The van der Waals surface area contributed by atoms with E-state index in [0.717, 1.165) is 11.8 Å². The molecule has 1 heterocycles. The first kappa shape index (κ1) is 68.2. The van der Waals surface area contributed by atoms with E-state index in [4.69, 9.17) is 22.1 Å². The van der Waals surface area contributed by atoms with Crippen molar-refractivity contribution < 1.29 is 72.5 Å². The number of halogens is 1.